The molecular weight excluding hydrogens is 412 g/mol. The fourth-order valence-electron chi connectivity index (χ4n) is 3.83. The first-order chi connectivity index (χ1) is 15.4. The van der Waals surface area contributed by atoms with Crippen LogP contribution in [0.3, 0.4) is 0 Å². The van der Waals surface area contributed by atoms with E-state index in [4.69, 9.17) is 14.2 Å². The second-order valence-corrected chi connectivity index (χ2v) is 8.07. The number of fused-ring (bicyclic) bond motifs is 1. The van der Waals surface area contributed by atoms with Gasteiger partial charge in [0, 0.05) is 44.6 Å². The number of piperidine rings is 1. The number of likely N-dealkylation sites (tertiary alicyclic amines) is 1. The fraction of sp³-hybridized carbons (Fsp3) is 0.500. The minimum absolute atomic E-state index is 0.0565. The smallest absolute Gasteiger partial charge is 0.410 e. The lowest BCUT2D eigenvalue weighted by molar-refractivity contribution is 0.0510. The van der Waals surface area contributed by atoms with Crippen LogP contribution in [-0.2, 0) is 11.8 Å². The number of carbonyl (C=O) groups is 1. The van der Waals surface area contributed by atoms with E-state index in [1.807, 2.05) is 33.9 Å². The van der Waals surface area contributed by atoms with E-state index in [1.54, 1.807) is 22.8 Å². The maximum Gasteiger partial charge on any atom is 0.410 e. The van der Waals surface area contributed by atoms with Crippen molar-refractivity contribution in [2.24, 2.45) is 7.05 Å². The molecule has 32 heavy (non-hydrogen) atoms. The summed E-state index contributed by atoms with van der Waals surface area (Å²) in [5.74, 6) is 1.03. The Balaban J connectivity index is 1.55. The van der Waals surface area contributed by atoms with Gasteiger partial charge in [-0.05, 0) is 26.8 Å². The Bertz CT molecular complexity index is 1120. The molecule has 0 radical (unpaired) electrons. The van der Waals surface area contributed by atoms with Crippen LogP contribution in [0.5, 0.6) is 11.8 Å². The van der Waals surface area contributed by atoms with E-state index in [0.717, 1.165) is 16.8 Å². The van der Waals surface area contributed by atoms with Gasteiger partial charge < -0.3 is 19.1 Å². The van der Waals surface area contributed by atoms with Crippen LogP contribution in [-0.4, -0.2) is 68.1 Å². The van der Waals surface area contributed by atoms with E-state index in [0.29, 0.717) is 48.9 Å². The summed E-state index contributed by atoms with van der Waals surface area (Å²) in [6, 6.07) is 3.73. The molecule has 1 amide bonds. The Kier molecular flexibility index (Phi) is 6.11. The van der Waals surface area contributed by atoms with Crippen molar-refractivity contribution in [1.29, 1.82) is 0 Å². The Morgan fingerprint density at radius 1 is 1.19 bits per heavy atom. The molecule has 0 bridgehead atoms. The number of hydrogen-bond acceptors (Lipinski definition) is 8. The Labute approximate surface area is 186 Å². The van der Waals surface area contributed by atoms with Crippen LogP contribution in [0, 0.1) is 6.92 Å². The van der Waals surface area contributed by atoms with Gasteiger partial charge in [0.15, 0.2) is 0 Å². The standard InChI is InChI=1S/C22H28N6O4/c1-13(2)31-22(29)28-10-8-15(9-11-28)32-21-20-19(23-12-24-21)18(26-27(20)4)16-6-7-17(30-5)25-14(16)3/h6-7,12-13,15H,8-11H2,1-5H3. The van der Waals surface area contributed by atoms with E-state index in [9.17, 15) is 4.79 Å². The third kappa shape index (κ3) is 4.30. The number of carbonyl (C=O) groups excluding carboxylic acids is 1. The highest BCUT2D eigenvalue weighted by atomic mass is 16.6. The lowest BCUT2D eigenvalue weighted by atomic mass is 10.1. The van der Waals surface area contributed by atoms with Gasteiger partial charge in [-0.15, -0.1) is 0 Å². The van der Waals surface area contributed by atoms with Gasteiger partial charge in [0.25, 0.3) is 0 Å². The Morgan fingerprint density at radius 3 is 2.59 bits per heavy atom. The summed E-state index contributed by atoms with van der Waals surface area (Å²) in [5.41, 5.74) is 3.81. The maximum absolute atomic E-state index is 12.1. The summed E-state index contributed by atoms with van der Waals surface area (Å²) in [4.78, 5) is 27.1. The van der Waals surface area contributed by atoms with Crippen molar-refractivity contribution >= 4 is 17.1 Å². The van der Waals surface area contributed by atoms with Gasteiger partial charge in [-0.1, -0.05) is 0 Å². The average molecular weight is 441 g/mol. The number of methoxy groups -OCH3 is 1. The van der Waals surface area contributed by atoms with Crippen LogP contribution < -0.4 is 9.47 Å². The van der Waals surface area contributed by atoms with Crippen molar-refractivity contribution < 1.29 is 19.0 Å². The highest BCUT2D eigenvalue weighted by molar-refractivity contribution is 5.93. The number of ether oxygens (including phenoxy) is 3. The summed E-state index contributed by atoms with van der Waals surface area (Å²) >= 11 is 0. The molecule has 3 aromatic rings. The molecular formula is C22H28N6O4. The Hall–Kier alpha value is -3.43. The summed E-state index contributed by atoms with van der Waals surface area (Å²) in [6.07, 6.45) is 2.43. The van der Waals surface area contributed by atoms with Gasteiger partial charge >= 0.3 is 6.09 Å². The van der Waals surface area contributed by atoms with Crippen LogP contribution >= 0.6 is 0 Å². The van der Waals surface area contributed by atoms with E-state index in [-0.39, 0.29) is 18.3 Å². The molecule has 1 saturated heterocycles. The number of aromatic nitrogens is 5. The molecule has 0 unspecified atom stereocenters. The van der Waals surface area contributed by atoms with Crippen molar-refractivity contribution in [3.63, 3.8) is 0 Å². The van der Waals surface area contributed by atoms with Crippen molar-refractivity contribution in [1.82, 2.24) is 29.6 Å². The van der Waals surface area contributed by atoms with Crippen molar-refractivity contribution in [3.8, 4) is 23.0 Å². The third-order valence-corrected chi connectivity index (χ3v) is 5.43. The maximum atomic E-state index is 12.1. The van der Waals surface area contributed by atoms with Gasteiger partial charge in [-0.3, -0.25) is 4.68 Å². The molecule has 0 atom stereocenters. The minimum atomic E-state index is -0.275. The van der Waals surface area contributed by atoms with Gasteiger partial charge in [-0.25, -0.2) is 14.8 Å². The van der Waals surface area contributed by atoms with Crippen LogP contribution in [0.2, 0.25) is 0 Å². The van der Waals surface area contributed by atoms with Crippen LogP contribution in [0.4, 0.5) is 4.79 Å². The van der Waals surface area contributed by atoms with Crippen LogP contribution in [0.15, 0.2) is 18.5 Å². The van der Waals surface area contributed by atoms with Gasteiger partial charge in [0.05, 0.1) is 18.9 Å². The monoisotopic (exact) mass is 440 g/mol. The van der Waals surface area contributed by atoms with Crippen molar-refractivity contribution in [2.45, 2.75) is 45.8 Å². The summed E-state index contributed by atoms with van der Waals surface area (Å²) in [6.45, 7) is 6.77. The number of amides is 1. The molecule has 170 valence electrons. The highest BCUT2D eigenvalue weighted by Gasteiger charge is 2.27. The number of nitrogens with zero attached hydrogens (tertiary/aromatic N) is 6. The quantitative estimate of drug-likeness (QED) is 0.596. The number of hydrogen-bond donors (Lipinski definition) is 0. The average Bonchev–Trinajstić information content (AvgIpc) is 3.11. The zero-order valence-corrected chi connectivity index (χ0v) is 19.0. The minimum Gasteiger partial charge on any atom is -0.481 e. The van der Waals surface area contributed by atoms with Crippen molar-refractivity contribution in [2.75, 3.05) is 20.2 Å². The van der Waals surface area contributed by atoms with E-state index in [2.05, 4.69) is 20.1 Å². The number of rotatable bonds is 5. The second kappa shape index (κ2) is 8.97. The molecule has 0 spiro atoms. The molecule has 0 aromatic carbocycles. The largest absolute Gasteiger partial charge is 0.481 e. The Morgan fingerprint density at radius 2 is 1.94 bits per heavy atom. The zero-order chi connectivity index (χ0) is 22.8. The van der Waals surface area contributed by atoms with Gasteiger partial charge in [0.1, 0.15) is 29.2 Å². The molecule has 0 N–H and O–H groups in total. The van der Waals surface area contributed by atoms with E-state index in [1.165, 1.54) is 6.33 Å². The third-order valence-electron chi connectivity index (χ3n) is 5.43. The van der Waals surface area contributed by atoms with E-state index < -0.39 is 0 Å². The molecule has 10 nitrogen and oxygen atoms in total. The molecule has 3 aromatic heterocycles. The SMILES string of the molecule is COc1ccc(-c2nn(C)c3c(OC4CCN(C(=O)OC(C)C)CC4)ncnc23)c(C)n1. The zero-order valence-electron chi connectivity index (χ0n) is 19.0. The summed E-state index contributed by atoms with van der Waals surface area (Å²) in [5, 5.41) is 4.68. The predicted molar refractivity (Wildman–Crippen MR) is 118 cm³/mol. The van der Waals surface area contributed by atoms with Crippen molar-refractivity contribution in [3.05, 3.63) is 24.2 Å². The lowest BCUT2D eigenvalue weighted by Crippen LogP contribution is -2.42. The first-order valence-electron chi connectivity index (χ1n) is 10.7. The van der Waals surface area contributed by atoms with Crippen LogP contribution in [0.25, 0.3) is 22.3 Å². The molecule has 4 rings (SSSR count). The number of aryl methyl sites for hydroxylation is 2. The molecule has 10 heteroatoms. The topological polar surface area (TPSA) is 104 Å². The normalized spacial score (nSPS) is 14.8. The second-order valence-electron chi connectivity index (χ2n) is 8.07. The first kappa shape index (κ1) is 21.8. The molecule has 0 aliphatic carbocycles. The summed E-state index contributed by atoms with van der Waals surface area (Å²) in [7, 11) is 3.44. The molecule has 1 aliphatic rings. The van der Waals surface area contributed by atoms with Gasteiger partial charge in [-0.2, -0.15) is 10.1 Å². The molecule has 1 fully saturated rings. The van der Waals surface area contributed by atoms with E-state index >= 15 is 0 Å². The fourth-order valence-corrected chi connectivity index (χ4v) is 3.83. The summed E-state index contributed by atoms with van der Waals surface area (Å²) < 4.78 is 18.5. The molecule has 0 saturated carbocycles. The van der Waals surface area contributed by atoms with Crippen LogP contribution in [0.1, 0.15) is 32.4 Å². The highest BCUT2D eigenvalue weighted by Crippen LogP contribution is 2.33. The lowest BCUT2D eigenvalue weighted by Gasteiger charge is -2.31. The predicted octanol–water partition coefficient (Wildman–Crippen LogP) is 3.13. The number of pyridine rings is 1. The molecule has 1 aliphatic heterocycles. The first-order valence-corrected chi connectivity index (χ1v) is 10.7. The van der Waals surface area contributed by atoms with Gasteiger partial charge in [0.2, 0.25) is 11.8 Å². The molecule has 4 heterocycles.